The van der Waals surface area contributed by atoms with Crippen molar-refractivity contribution in [2.45, 2.75) is 64.3 Å². The Hall–Kier alpha value is -0.770. The summed E-state index contributed by atoms with van der Waals surface area (Å²) in [6.07, 6.45) is 0.545. The molecule has 0 saturated carbocycles. The van der Waals surface area contributed by atoms with Crippen molar-refractivity contribution in [3.05, 3.63) is 0 Å². The van der Waals surface area contributed by atoms with Crippen LogP contribution in [0.5, 0.6) is 0 Å². The first-order valence-corrected chi connectivity index (χ1v) is 8.53. The summed E-state index contributed by atoms with van der Waals surface area (Å²) in [5, 5.41) is 61.8. The molecule has 0 rings (SSSR count). The SMILES string of the molecule is CCCC(C(C)(O)CO)C(C(=O)OCC)(C(C)(O)CO)C(C)(O)CO. The predicted molar refractivity (Wildman–Crippen MR) is 90.6 cm³/mol. The molecule has 0 saturated heterocycles. The van der Waals surface area contributed by atoms with E-state index in [1.54, 1.807) is 6.92 Å². The lowest BCUT2D eigenvalue weighted by atomic mass is 9.51. The first-order valence-electron chi connectivity index (χ1n) is 8.53. The number of aliphatic hydroxyl groups excluding tert-OH is 3. The van der Waals surface area contributed by atoms with Crippen LogP contribution in [0.3, 0.4) is 0 Å². The standard InChI is InChI=1S/C17H34O8/c1-6-8-12(14(3,22)9-18)17(13(21)25-7-2,15(4,23)10-19)16(5,24)11-20/h12,18-20,22-24H,6-11H2,1-5H3. The fourth-order valence-corrected chi connectivity index (χ4v) is 3.80. The second-order valence-corrected chi connectivity index (χ2v) is 7.25. The highest BCUT2D eigenvalue weighted by atomic mass is 16.5. The van der Waals surface area contributed by atoms with Gasteiger partial charge in [-0.3, -0.25) is 4.79 Å². The first kappa shape index (κ1) is 24.2. The maximum Gasteiger partial charge on any atom is 0.318 e. The Balaban J connectivity index is 6.97. The molecule has 0 bridgehead atoms. The number of hydrogen-bond acceptors (Lipinski definition) is 8. The van der Waals surface area contributed by atoms with Crippen molar-refractivity contribution in [2.24, 2.45) is 11.3 Å². The van der Waals surface area contributed by atoms with Crippen LogP contribution in [0.2, 0.25) is 0 Å². The topological polar surface area (TPSA) is 148 Å². The molecule has 0 aliphatic carbocycles. The highest BCUT2D eigenvalue weighted by Gasteiger charge is 2.70. The normalized spacial score (nSPS) is 22.8. The third-order valence-corrected chi connectivity index (χ3v) is 5.08. The molecule has 0 amide bonds. The Morgan fingerprint density at radius 1 is 0.920 bits per heavy atom. The minimum Gasteiger partial charge on any atom is -0.465 e. The average molecular weight is 366 g/mol. The summed E-state index contributed by atoms with van der Waals surface area (Å²) in [4.78, 5) is 13.0. The summed E-state index contributed by atoms with van der Waals surface area (Å²) >= 11 is 0. The van der Waals surface area contributed by atoms with E-state index in [4.69, 9.17) is 4.74 Å². The number of carbonyl (C=O) groups is 1. The van der Waals surface area contributed by atoms with Crippen LogP contribution in [0, 0.1) is 11.3 Å². The van der Waals surface area contributed by atoms with E-state index < -0.39 is 53.9 Å². The zero-order valence-corrected chi connectivity index (χ0v) is 15.8. The quantitative estimate of drug-likeness (QED) is 0.260. The van der Waals surface area contributed by atoms with Gasteiger partial charge in [-0.25, -0.2) is 0 Å². The molecule has 4 atom stereocenters. The van der Waals surface area contributed by atoms with Crippen molar-refractivity contribution in [2.75, 3.05) is 26.4 Å². The predicted octanol–water partition coefficient (Wildman–Crippen LogP) is -0.818. The third kappa shape index (κ3) is 4.15. The fraction of sp³-hybridized carbons (Fsp3) is 0.941. The summed E-state index contributed by atoms with van der Waals surface area (Å²) in [5.41, 5.74) is -8.72. The number of hydrogen-bond donors (Lipinski definition) is 6. The molecule has 0 aromatic heterocycles. The maximum atomic E-state index is 13.0. The van der Waals surface area contributed by atoms with Crippen molar-refractivity contribution in [1.82, 2.24) is 0 Å². The Kier molecular flexibility index (Phi) is 8.48. The van der Waals surface area contributed by atoms with Crippen LogP contribution in [0.4, 0.5) is 0 Å². The molecule has 4 unspecified atom stereocenters. The van der Waals surface area contributed by atoms with E-state index >= 15 is 0 Å². The zero-order valence-electron chi connectivity index (χ0n) is 15.8. The van der Waals surface area contributed by atoms with Crippen LogP contribution in [-0.2, 0) is 9.53 Å². The summed E-state index contributed by atoms with van der Waals surface area (Å²) in [6.45, 7) is 4.09. The Morgan fingerprint density at radius 2 is 1.36 bits per heavy atom. The molecule has 0 aromatic rings. The summed E-state index contributed by atoms with van der Waals surface area (Å²) in [6, 6.07) is 0. The molecular weight excluding hydrogens is 332 g/mol. The van der Waals surface area contributed by atoms with Gasteiger partial charge in [-0.05, 0) is 34.1 Å². The minimum absolute atomic E-state index is 0.0796. The van der Waals surface area contributed by atoms with E-state index in [2.05, 4.69) is 0 Å². The van der Waals surface area contributed by atoms with Crippen molar-refractivity contribution in [3.63, 3.8) is 0 Å². The molecule has 0 fully saturated rings. The fourth-order valence-electron chi connectivity index (χ4n) is 3.80. The Bertz CT molecular complexity index is 414. The van der Waals surface area contributed by atoms with Crippen molar-refractivity contribution in [1.29, 1.82) is 0 Å². The smallest absolute Gasteiger partial charge is 0.318 e. The molecule has 8 heteroatoms. The van der Waals surface area contributed by atoms with Crippen LogP contribution < -0.4 is 0 Å². The second kappa shape index (κ2) is 8.75. The van der Waals surface area contributed by atoms with Gasteiger partial charge in [-0.15, -0.1) is 0 Å². The zero-order chi connectivity index (χ0) is 20.1. The van der Waals surface area contributed by atoms with Gasteiger partial charge in [-0.1, -0.05) is 13.3 Å². The lowest BCUT2D eigenvalue weighted by Crippen LogP contribution is -2.73. The first-order chi connectivity index (χ1) is 11.4. The Morgan fingerprint density at radius 3 is 1.64 bits per heavy atom. The highest BCUT2D eigenvalue weighted by molar-refractivity contribution is 5.81. The number of aliphatic hydroxyl groups is 6. The summed E-state index contributed by atoms with van der Waals surface area (Å²) in [5.74, 6) is -2.29. The van der Waals surface area contributed by atoms with Crippen molar-refractivity contribution < 1.29 is 40.2 Å². The highest BCUT2D eigenvalue weighted by Crippen LogP contribution is 2.53. The molecule has 0 aromatic carbocycles. The molecule has 8 nitrogen and oxygen atoms in total. The molecular formula is C17H34O8. The third-order valence-electron chi connectivity index (χ3n) is 5.08. The lowest BCUT2D eigenvalue weighted by Gasteiger charge is -2.56. The van der Waals surface area contributed by atoms with E-state index in [0.29, 0.717) is 6.42 Å². The average Bonchev–Trinajstić information content (AvgIpc) is 2.54. The van der Waals surface area contributed by atoms with Crippen molar-refractivity contribution >= 4 is 5.97 Å². The maximum absolute atomic E-state index is 13.0. The number of esters is 1. The van der Waals surface area contributed by atoms with E-state index in [1.165, 1.54) is 13.8 Å². The molecule has 0 radical (unpaired) electrons. The van der Waals surface area contributed by atoms with Crippen LogP contribution in [-0.4, -0.2) is 79.8 Å². The monoisotopic (exact) mass is 366 g/mol. The number of ether oxygens (including phenoxy) is 1. The van der Waals surface area contributed by atoms with Crippen molar-refractivity contribution in [3.8, 4) is 0 Å². The Labute approximate surface area is 149 Å². The van der Waals surface area contributed by atoms with Gasteiger partial charge in [0.1, 0.15) is 16.6 Å². The van der Waals surface area contributed by atoms with Crippen LogP contribution in [0.1, 0.15) is 47.5 Å². The van der Waals surface area contributed by atoms with E-state index in [-0.39, 0.29) is 13.0 Å². The molecule has 0 heterocycles. The molecule has 0 aliphatic heterocycles. The van der Waals surface area contributed by atoms with Crippen LogP contribution in [0.15, 0.2) is 0 Å². The van der Waals surface area contributed by atoms with E-state index in [9.17, 15) is 35.4 Å². The second-order valence-electron chi connectivity index (χ2n) is 7.25. The van der Waals surface area contributed by atoms with Gasteiger partial charge >= 0.3 is 5.97 Å². The van der Waals surface area contributed by atoms with Crippen LogP contribution >= 0.6 is 0 Å². The number of carbonyl (C=O) groups excluding carboxylic acids is 1. The molecule has 6 N–H and O–H groups in total. The molecule has 0 aliphatic rings. The van der Waals surface area contributed by atoms with Gasteiger partial charge < -0.3 is 35.4 Å². The van der Waals surface area contributed by atoms with Gasteiger partial charge in [0.25, 0.3) is 0 Å². The molecule has 0 spiro atoms. The van der Waals surface area contributed by atoms with Gasteiger partial charge in [0.05, 0.1) is 32.0 Å². The van der Waals surface area contributed by atoms with Gasteiger partial charge in [0.2, 0.25) is 0 Å². The van der Waals surface area contributed by atoms with Gasteiger partial charge in [0, 0.05) is 5.92 Å². The number of rotatable bonds is 11. The van der Waals surface area contributed by atoms with Gasteiger partial charge in [0.15, 0.2) is 0 Å². The summed E-state index contributed by atoms with van der Waals surface area (Å²) in [7, 11) is 0. The lowest BCUT2D eigenvalue weighted by molar-refractivity contribution is -0.266. The van der Waals surface area contributed by atoms with E-state index in [1.807, 2.05) is 0 Å². The minimum atomic E-state index is -2.30. The largest absolute Gasteiger partial charge is 0.465 e. The van der Waals surface area contributed by atoms with Crippen LogP contribution in [0.25, 0.3) is 0 Å². The molecule has 25 heavy (non-hydrogen) atoms. The summed E-state index contributed by atoms with van der Waals surface area (Å²) < 4.78 is 5.08. The van der Waals surface area contributed by atoms with E-state index in [0.717, 1.165) is 13.8 Å². The molecule has 150 valence electrons. The van der Waals surface area contributed by atoms with Gasteiger partial charge in [-0.2, -0.15) is 0 Å².